The molecule has 5 heterocycles. The van der Waals surface area contributed by atoms with Crippen molar-refractivity contribution in [3.05, 3.63) is 30.2 Å². The molecule has 0 saturated carbocycles. The van der Waals surface area contributed by atoms with Crippen LogP contribution in [-0.2, 0) is 0 Å². The highest BCUT2D eigenvalue weighted by molar-refractivity contribution is 8.01. The van der Waals surface area contributed by atoms with E-state index in [0.29, 0.717) is 0 Å². The number of unbranched alkanes of at least 4 members (excludes halogenated alkanes) is 1. The van der Waals surface area contributed by atoms with E-state index in [1.165, 1.54) is 22.4 Å². The van der Waals surface area contributed by atoms with Crippen molar-refractivity contribution in [1.29, 1.82) is 0 Å². The maximum absolute atomic E-state index is 4.92. The summed E-state index contributed by atoms with van der Waals surface area (Å²) in [6.07, 6.45) is 7.70. The first kappa shape index (κ1) is 16.2. The van der Waals surface area contributed by atoms with E-state index >= 15 is 0 Å². The summed E-state index contributed by atoms with van der Waals surface area (Å²) < 4.78 is 1.28. The van der Waals surface area contributed by atoms with Crippen LogP contribution < -0.4 is 5.32 Å². The monoisotopic (exact) mass is 397 g/mol. The maximum atomic E-state index is 4.92. The number of aromatic nitrogens is 4. The Labute approximate surface area is 163 Å². The van der Waals surface area contributed by atoms with Crippen LogP contribution in [0.15, 0.2) is 34.4 Å². The van der Waals surface area contributed by atoms with Gasteiger partial charge in [-0.15, -0.1) is 34.4 Å². The highest BCUT2D eigenvalue weighted by atomic mass is 32.2. The summed E-state index contributed by atoms with van der Waals surface area (Å²) in [6.45, 7) is 2.22. The minimum absolute atomic E-state index is 0.862. The van der Waals surface area contributed by atoms with Crippen molar-refractivity contribution < 1.29 is 0 Å². The van der Waals surface area contributed by atoms with Crippen molar-refractivity contribution in [3.63, 3.8) is 0 Å². The molecule has 0 aliphatic carbocycles. The lowest BCUT2D eigenvalue weighted by molar-refractivity contribution is 0.897. The number of thiazole rings is 1. The Morgan fingerprint density at radius 2 is 2.19 bits per heavy atom. The third kappa shape index (κ3) is 2.60. The molecule has 1 N–H and O–H groups in total. The number of fused-ring (bicyclic) bond motifs is 2. The zero-order valence-electron chi connectivity index (χ0n) is 14.0. The fourth-order valence-electron chi connectivity index (χ4n) is 3.02. The molecule has 0 spiro atoms. The molecule has 0 atom stereocenters. The van der Waals surface area contributed by atoms with Gasteiger partial charge in [-0.1, -0.05) is 13.3 Å². The average molecular weight is 398 g/mol. The van der Waals surface area contributed by atoms with Crippen LogP contribution in [0, 0.1) is 0 Å². The number of nitrogens with zero attached hydrogens (tertiary/aromatic N) is 4. The molecule has 0 unspecified atom stereocenters. The third-order valence-corrected chi connectivity index (χ3v) is 7.49. The first-order chi connectivity index (χ1) is 12.8. The standard InChI is InChI=1S/C18H15N5S3/c1-2-3-5-25-18-14-13-10(11-8-19-9-21-15(11)23-14)7-12(22-17(13)26-18)16-20-4-6-24-16/h4,6-9H,2-3,5H2,1H3,(H,19,21,23). The molecule has 1 aliphatic rings. The van der Waals surface area contributed by atoms with Gasteiger partial charge in [0.2, 0.25) is 0 Å². The van der Waals surface area contributed by atoms with Gasteiger partial charge in [-0.25, -0.2) is 19.9 Å². The number of anilines is 2. The summed E-state index contributed by atoms with van der Waals surface area (Å²) >= 11 is 5.27. The molecule has 0 radical (unpaired) electrons. The molecule has 5 rings (SSSR count). The molecule has 4 aromatic heterocycles. The van der Waals surface area contributed by atoms with Crippen molar-refractivity contribution in [2.45, 2.75) is 24.0 Å². The Balaban J connectivity index is 1.74. The van der Waals surface area contributed by atoms with Crippen LogP contribution in [0.3, 0.4) is 0 Å². The molecule has 8 heteroatoms. The van der Waals surface area contributed by atoms with Crippen molar-refractivity contribution in [2.24, 2.45) is 0 Å². The molecule has 0 amide bonds. The first-order valence-electron chi connectivity index (χ1n) is 8.42. The molecular formula is C18H15N5S3. The van der Waals surface area contributed by atoms with Crippen LogP contribution >= 0.6 is 34.4 Å². The topological polar surface area (TPSA) is 63.6 Å². The van der Waals surface area contributed by atoms with E-state index < -0.39 is 0 Å². The van der Waals surface area contributed by atoms with Crippen LogP contribution in [0.2, 0.25) is 0 Å². The molecule has 0 fully saturated rings. The fourth-order valence-corrected chi connectivity index (χ4v) is 6.14. The highest BCUT2D eigenvalue weighted by Crippen LogP contribution is 2.51. The largest absolute Gasteiger partial charge is 0.337 e. The molecular weight excluding hydrogens is 382 g/mol. The third-order valence-electron chi connectivity index (χ3n) is 4.26. The molecule has 130 valence electrons. The lowest BCUT2D eigenvalue weighted by Crippen LogP contribution is -2.03. The maximum Gasteiger partial charge on any atom is 0.141 e. The van der Waals surface area contributed by atoms with Gasteiger partial charge >= 0.3 is 0 Å². The summed E-state index contributed by atoms with van der Waals surface area (Å²) in [5.41, 5.74) is 4.22. The first-order valence-corrected chi connectivity index (χ1v) is 11.1. The van der Waals surface area contributed by atoms with E-state index in [2.05, 4.69) is 33.3 Å². The molecule has 0 bridgehead atoms. The number of hydrogen-bond acceptors (Lipinski definition) is 8. The zero-order chi connectivity index (χ0) is 17.5. The predicted octanol–water partition coefficient (Wildman–Crippen LogP) is 5.83. The Kier molecular flexibility index (Phi) is 4.11. The van der Waals surface area contributed by atoms with Crippen LogP contribution in [0.25, 0.3) is 32.0 Å². The Hall–Kier alpha value is -2.03. The minimum atomic E-state index is 0.862. The number of rotatable bonds is 5. The average Bonchev–Trinajstić information content (AvgIpc) is 3.31. The molecule has 1 aliphatic heterocycles. The summed E-state index contributed by atoms with van der Waals surface area (Å²) in [6, 6.07) is 2.13. The summed E-state index contributed by atoms with van der Waals surface area (Å²) in [4.78, 5) is 19.1. The normalized spacial score (nSPS) is 12.2. The van der Waals surface area contributed by atoms with Crippen LogP contribution in [0.1, 0.15) is 19.8 Å². The van der Waals surface area contributed by atoms with Gasteiger partial charge in [0.15, 0.2) is 0 Å². The van der Waals surface area contributed by atoms with Crippen molar-refractivity contribution >= 4 is 56.2 Å². The number of nitrogens with one attached hydrogen (secondary N) is 1. The van der Waals surface area contributed by atoms with Gasteiger partial charge in [0.1, 0.15) is 27.7 Å². The van der Waals surface area contributed by atoms with E-state index in [1.54, 1.807) is 29.0 Å². The zero-order valence-corrected chi connectivity index (χ0v) is 16.5. The number of pyridine rings is 1. The van der Waals surface area contributed by atoms with Crippen molar-refractivity contribution in [3.8, 4) is 21.8 Å². The SMILES string of the molecule is CCCCSc1sc2nc(-c3nccs3)cc3c2c1Nc1ncncc1-3. The lowest BCUT2D eigenvalue weighted by atomic mass is 10.0. The quantitative estimate of drug-likeness (QED) is 0.297. The lowest BCUT2D eigenvalue weighted by Gasteiger charge is -2.18. The highest BCUT2D eigenvalue weighted by Gasteiger charge is 2.26. The van der Waals surface area contributed by atoms with Crippen LogP contribution in [-0.4, -0.2) is 25.7 Å². The Morgan fingerprint density at radius 1 is 1.23 bits per heavy atom. The van der Waals surface area contributed by atoms with E-state index in [0.717, 1.165) is 43.9 Å². The van der Waals surface area contributed by atoms with E-state index in [4.69, 9.17) is 4.98 Å². The second kappa shape index (κ2) is 6.61. The molecule has 4 aromatic rings. The van der Waals surface area contributed by atoms with E-state index in [1.807, 2.05) is 29.5 Å². The van der Waals surface area contributed by atoms with Gasteiger partial charge in [0.25, 0.3) is 0 Å². The van der Waals surface area contributed by atoms with Crippen LogP contribution in [0.5, 0.6) is 0 Å². The van der Waals surface area contributed by atoms with Gasteiger partial charge in [0, 0.05) is 34.3 Å². The fraction of sp³-hybridized carbons (Fsp3) is 0.222. The van der Waals surface area contributed by atoms with Gasteiger partial charge in [-0.05, 0) is 18.2 Å². The number of thioether (sulfide) groups is 1. The minimum Gasteiger partial charge on any atom is -0.337 e. The molecule has 5 nitrogen and oxygen atoms in total. The van der Waals surface area contributed by atoms with Gasteiger partial charge in [-0.2, -0.15) is 0 Å². The molecule has 0 saturated heterocycles. The second-order valence-corrected chi connectivity index (χ2v) is 9.21. The van der Waals surface area contributed by atoms with Crippen molar-refractivity contribution in [1.82, 2.24) is 19.9 Å². The van der Waals surface area contributed by atoms with E-state index in [-0.39, 0.29) is 0 Å². The summed E-state index contributed by atoms with van der Waals surface area (Å²) in [5, 5.41) is 7.62. The van der Waals surface area contributed by atoms with Gasteiger partial charge < -0.3 is 5.32 Å². The smallest absolute Gasteiger partial charge is 0.141 e. The number of thiophene rings is 1. The molecule has 0 aromatic carbocycles. The Bertz CT molecular complexity index is 1090. The van der Waals surface area contributed by atoms with E-state index in [9.17, 15) is 0 Å². The predicted molar refractivity (Wildman–Crippen MR) is 111 cm³/mol. The van der Waals surface area contributed by atoms with Crippen molar-refractivity contribution in [2.75, 3.05) is 11.1 Å². The van der Waals surface area contributed by atoms with Gasteiger partial charge in [0.05, 0.1) is 9.90 Å². The summed E-state index contributed by atoms with van der Waals surface area (Å²) in [7, 11) is 0. The second-order valence-electron chi connectivity index (χ2n) is 5.95. The Morgan fingerprint density at radius 3 is 3.04 bits per heavy atom. The van der Waals surface area contributed by atoms with Gasteiger partial charge in [-0.3, -0.25) is 0 Å². The van der Waals surface area contributed by atoms with Crippen LogP contribution in [0.4, 0.5) is 11.5 Å². The molecule has 26 heavy (non-hydrogen) atoms. The summed E-state index contributed by atoms with van der Waals surface area (Å²) in [5.74, 6) is 1.98. The number of hydrogen-bond donors (Lipinski definition) is 1.